The zero-order valence-corrected chi connectivity index (χ0v) is 21.1. The van der Waals surface area contributed by atoms with Crippen molar-refractivity contribution in [1.82, 2.24) is 14.5 Å². The van der Waals surface area contributed by atoms with E-state index in [1.165, 1.54) is 17.0 Å². The molecule has 184 valence electrons. The molecule has 0 radical (unpaired) electrons. The smallest absolute Gasteiger partial charge is 0.321 e. The highest BCUT2D eigenvalue weighted by molar-refractivity contribution is 7.91. The van der Waals surface area contributed by atoms with E-state index in [9.17, 15) is 18.0 Å². The number of sulfonamides is 1. The van der Waals surface area contributed by atoms with Crippen molar-refractivity contribution in [2.45, 2.75) is 36.1 Å². The Kier molecular flexibility index (Phi) is 7.78. The van der Waals surface area contributed by atoms with Gasteiger partial charge in [0, 0.05) is 38.5 Å². The van der Waals surface area contributed by atoms with Crippen molar-refractivity contribution in [2.24, 2.45) is 0 Å². The van der Waals surface area contributed by atoms with Gasteiger partial charge in [-0.2, -0.15) is 4.31 Å². The Morgan fingerprint density at radius 2 is 1.94 bits per heavy atom. The van der Waals surface area contributed by atoms with E-state index >= 15 is 0 Å². The molecule has 0 spiro atoms. The first-order chi connectivity index (χ1) is 16.2. The molecule has 2 atom stereocenters. The lowest BCUT2D eigenvalue weighted by atomic mass is 10.2. The van der Waals surface area contributed by atoms with Crippen LogP contribution in [0.5, 0.6) is 0 Å². The molecule has 4 rings (SSSR count). The fraction of sp³-hybridized carbons (Fsp3) is 0.455. The first kappa shape index (κ1) is 24.9. The van der Waals surface area contributed by atoms with Crippen LogP contribution in [0.25, 0.3) is 0 Å². The Bertz CT molecular complexity index is 1130. The van der Waals surface area contributed by atoms with E-state index in [0.717, 1.165) is 34.0 Å². The number of urea groups is 1. The second-order valence-electron chi connectivity index (χ2n) is 8.31. The summed E-state index contributed by atoms with van der Waals surface area (Å²) in [5.41, 5.74) is 1.69. The minimum atomic E-state index is -3.97. The van der Waals surface area contributed by atoms with Crippen LogP contribution >= 0.6 is 22.9 Å². The molecule has 2 N–H and O–H groups in total. The SMILES string of the molecule is Cc1ccc(NC(=O)N2CCN(S(=O)(=O)c3ccc(Cl)s3)C(C(=O)NCC3CCCO3)C2)cc1. The minimum Gasteiger partial charge on any atom is -0.376 e. The molecule has 2 aliphatic heterocycles. The van der Waals surface area contributed by atoms with Crippen LogP contribution in [0, 0.1) is 6.92 Å². The third kappa shape index (κ3) is 5.72. The molecule has 1 aromatic carbocycles. The number of thiophene rings is 1. The molecule has 3 amide bonds. The van der Waals surface area contributed by atoms with Crippen LogP contribution in [0.15, 0.2) is 40.6 Å². The van der Waals surface area contributed by atoms with Crippen LogP contribution in [0.2, 0.25) is 4.34 Å². The number of aryl methyl sites for hydroxylation is 1. The van der Waals surface area contributed by atoms with Gasteiger partial charge in [-0.3, -0.25) is 4.79 Å². The molecule has 2 saturated heterocycles. The van der Waals surface area contributed by atoms with Gasteiger partial charge in [-0.1, -0.05) is 29.3 Å². The third-order valence-electron chi connectivity index (χ3n) is 5.86. The molecule has 9 nitrogen and oxygen atoms in total. The minimum absolute atomic E-state index is 0.0167. The zero-order chi connectivity index (χ0) is 24.3. The summed E-state index contributed by atoms with van der Waals surface area (Å²) in [5.74, 6) is -0.463. The Labute approximate surface area is 208 Å². The maximum absolute atomic E-state index is 13.3. The third-order valence-corrected chi connectivity index (χ3v) is 9.47. The van der Waals surface area contributed by atoms with Crippen LogP contribution in [0.1, 0.15) is 18.4 Å². The molecule has 12 heteroatoms. The van der Waals surface area contributed by atoms with Gasteiger partial charge < -0.3 is 20.3 Å². The van der Waals surface area contributed by atoms with E-state index < -0.39 is 28.0 Å². The number of benzene rings is 1. The molecular weight excluding hydrogens is 500 g/mol. The molecule has 1 aromatic heterocycles. The lowest BCUT2D eigenvalue weighted by Crippen LogP contribution is -2.62. The van der Waals surface area contributed by atoms with Crippen molar-refractivity contribution >= 4 is 50.6 Å². The second kappa shape index (κ2) is 10.6. The molecule has 0 aliphatic carbocycles. The first-order valence-electron chi connectivity index (χ1n) is 11.0. The number of piperazine rings is 1. The lowest BCUT2D eigenvalue weighted by Gasteiger charge is -2.39. The number of hydrogen-bond donors (Lipinski definition) is 2. The van der Waals surface area contributed by atoms with E-state index in [1.54, 1.807) is 12.1 Å². The Hall–Kier alpha value is -2.18. The largest absolute Gasteiger partial charge is 0.376 e. The fourth-order valence-corrected chi connectivity index (χ4v) is 7.16. The molecule has 2 aliphatic rings. The zero-order valence-electron chi connectivity index (χ0n) is 18.7. The number of carbonyl (C=O) groups excluding carboxylic acids is 2. The van der Waals surface area contributed by atoms with E-state index in [0.29, 0.717) is 23.2 Å². The van der Waals surface area contributed by atoms with Gasteiger partial charge in [-0.25, -0.2) is 13.2 Å². The van der Waals surface area contributed by atoms with Gasteiger partial charge in [0.2, 0.25) is 5.91 Å². The highest BCUT2D eigenvalue weighted by atomic mass is 35.5. The molecule has 0 saturated carbocycles. The number of nitrogens with one attached hydrogen (secondary N) is 2. The highest BCUT2D eigenvalue weighted by Crippen LogP contribution is 2.30. The van der Waals surface area contributed by atoms with Gasteiger partial charge in [-0.05, 0) is 44.0 Å². The van der Waals surface area contributed by atoms with E-state index in [2.05, 4.69) is 10.6 Å². The number of carbonyl (C=O) groups is 2. The topological polar surface area (TPSA) is 108 Å². The predicted octanol–water partition coefficient (Wildman–Crippen LogP) is 2.91. The highest BCUT2D eigenvalue weighted by Gasteiger charge is 2.42. The standard InChI is InChI=1S/C22H27ClN4O5S2/c1-15-4-6-16(7-5-15)25-22(29)26-10-11-27(34(30,31)20-9-8-19(23)33-20)18(14-26)21(28)24-13-17-3-2-12-32-17/h4-9,17-18H,2-3,10-14H2,1H3,(H,24,28)(H,25,29). The summed E-state index contributed by atoms with van der Waals surface area (Å²) in [6.45, 7) is 2.95. The molecule has 34 heavy (non-hydrogen) atoms. The Balaban J connectivity index is 1.51. The van der Waals surface area contributed by atoms with Crippen molar-refractivity contribution in [3.05, 3.63) is 46.3 Å². The normalized spacial score (nSPS) is 21.4. The quantitative estimate of drug-likeness (QED) is 0.601. The van der Waals surface area contributed by atoms with Crippen molar-refractivity contribution in [3.8, 4) is 0 Å². The molecule has 2 aromatic rings. The average Bonchev–Trinajstić information content (AvgIpc) is 3.50. The van der Waals surface area contributed by atoms with Crippen molar-refractivity contribution in [3.63, 3.8) is 0 Å². The van der Waals surface area contributed by atoms with Gasteiger partial charge >= 0.3 is 6.03 Å². The maximum atomic E-state index is 13.3. The number of nitrogens with zero attached hydrogens (tertiary/aromatic N) is 2. The summed E-state index contributed by atoms with van der Waals surface area (Å²) in [6, 6.07) is 8.82. The van der Waals surface area contributed by atoms with E-state index in [1.807, 2.05) is 19.1 Å². The van der Waals surface area contributed by atoms with Gasteiger partial charge in [0.1, 0.15) is 10.3 Å². The number of rotatable bonds is 6. The number of amides is 3. The molecule has 3 heterocycles. The summed E-state index contributed by atoms with van der Waals surface area (Å²) in [6.07, 6.45) is 1.68. The number of hydrogen-bond acceptors (Lipinski definition) is 6. The maximum Gasteiger partial charge on any atom is 0.321 e. The molecule has 2 fully saturated rings. The van der Waals surface area contributed by atoms with Crippen LogP contribution < -0.4 is 10.6 Å². The van der Waals surface area contributed by atoms with Gasteiger partial charge in [0.25, 0.3) is 10.0 Å². The lowest BCUT2D eigenvalue weighted by molar-refractivity contribution is -0.126. The van der Waals surface area contributed by atoms with Gasteiger partial charge in [0.05, 0.1) is 10.4 Å². The Morgan fingerprint density at radius 1 is 1.18 bits per heavy atom. The summed E-state index contributed by atoms with van der Waals surface area (Å²) in [5, 5.41) is 5.63. The van der Waals surface area contributed by atoms with Crippen molar-refractivity contribution < 1.29 is 22.7 Å². The number of halogens is 1. The number of anilines is 1. The van der Waals surface area contributed by atoms with Crippen LogP contribution in [-0.4, -0.2) is 74.5 Å². The monoisotopic (exact) mass is 526 g/mol. The molecular formula is C22H27ClN4O5S2. The van der Waals surface area contributed by atoms with Gasteiger partial charge in [0.15, 0.2) is 0 Å². The number of ether oxygens (including phenoxy) is 1. The van der Waals surface area contributed by atoms with Crippen molar-refractivity contribution in [1.29, 1.82) is 0 Å². The summed E-state index contributed by atoms with van der Waals surface area (Å²) in [7, 11) is -3.97. The van der Waals surface area contributed by atoms with Crippen molar-refractivity contribution in [2.75, 3.05) is 38.1 Å². The van der Waals surface area contributed by atoms with E-state index in [-0.39, 0.29) is 29.9 Å². The Morgan fingerprint density at radius 3 is 2.59 bits per heavy atom. The fourth-order valence-electron chi connectivity index (χ4n) is 3.98. The summed E-state index contributed by atoms with van der Waals surface area (Å²) in [4.78, 5) is 27.5. The van der Waals surface area contributed by atoms with Crippen LogP contribution in [-0.2, 0) is 19.6 Å². The molecule has 2 unspecified atom stereocenters. The van der Waals surface area contributed by atoms with E-state index in [4.69, 9.17) is 16.3 Å². The van der Waals surface area contributed by atoms with Crippen LogP contribution in [0.3, 0.4) is 0 Å². The molecule has 0 bridgehead atoms. The van der Waals surface area contributed by atoms with Gasteiger partial charge in [-0.15, -0.1) is 11.3 Å². The summed E-state index contributed by atoms with van der Waals surface area (Å²) >= 11 is 6.90. The average molecular weight is 527 g/mol. The summed E-state index contributed by atoms with van der Waals surface area (Å²) < 4.78 is 33.8. The predicted molar refractivity (Wildman–Crippen MR) is 131 cm³/mol. The second-order valence-corrected chi connectivity index (χ2v) is 12.1. The van der Waals surface area contributed by atoms with Crippen LogP contribution in [0.4, 0.5) is 10.5 Å². The first-order valence-corrected chi connectivity index (χ1v) is 13.7.